The fraction of sp³-hybridized carbons (Fsp3) is 0.583. The van der Waals surface area contributed by atoms with Crippen molar-refractivity contribution in [1.82, 2.24) is 15.5 Å². The molecule has 1 saturated heterocycles. The first kappa shape index (κ1) is 23.1. The Morgan fingerprint density at radius 1 is 1.12 bits per heavy atom. The van der Waals surface area contributed by atoms with Gasteiger partial charge in [0, 0.05) is 41.9 Å². The Morgan fingerprint density at radius 2 is 1.88 bits per heavy atom. The molecule has 1 saturated carbocycles. The maximum absolute atomic E-state index is 13.0. The minimum Gasteiger partial charge on any atom is -0.444 e. The Hall–Kier alpha value is -3.10. The van der Waals surface area contributed by atoms with Crippen LogP contribution in [0.2, 0.25) is 0 Å². The summed E-state index contributed by atoms with van der Waals surface area (Å²) in [6.45, 7) is 5.85. The molecule has 9 heteroatoms. The van der Waals surface area contributed by atoms with E-state index in [1.807, 2.05) is 32.9 Å². The lowest BCUT2D eigenvalue weighted by molar-refractivity contribution is -0.136. The maximum Gasteiger partial charge on any atom is 0.407 e. The van der Waals surface area contributed by atoms with E-state index in [2.05, 4.69) is 16.0 Å². The van der Waals surface area contributed by atoms with Gasteiger partial charge in [0.1, 0.15) is 11.6 Å². The van der Waals surface area contributed by atoms with Crippen LogP contribution in [0.15, 0.2) is 18.2 Å². The fourth-order valence-electron chi connectivity index (χ4n) is 4.87. The van der Waals surface area contributed by atoms with Crippen molar-refractivity contribution >= 4 is 29.5 Å². The van der Waals surface area contributed by atoms with Crippen molar-refractivity contribution in [2.75, 3.05) is 5.32 Å². The average Bonchev–Trinajstić information content (AvgIpc) is 3.04. The number of amides is 4. The molecule has 4 amide bonds. The first-order valence-corrected chi connectivity index (χ1v) is 11.6. The molecule has 0 aromatic heterocycles. The lowest BCUT2D eigenvalue weighted by atomic mass is 9.90. The second-order valence-corrected chi connectivity index (χ2v) is 10.1. The molecule has 3 atom stereocenters. The van der Waals surface area contributed by atoms with E-state index < -0.39 is 23.6 Å². The number of piperidine rings is 1. The van der Waals surface area contributed by atoms with E-state index in [0.29, 0.717) is 18.5 Å². The highest BCUT2D eigenvalue weighted by molar-refractivity contribution is 6.06. The van der Waals surface area contributed by atoms with Gasteiger partial charge in [0.25, 0.3) is 5.91 Å². The molecule has 1 aliphatic carbocycles. The zero-order valence-electron chi connectivity index (χ0n) is 19.4. The lowest BCUT2D eigenvalue weighted by Gasteiger charge is -2.32. The predicted octanol–water partition coefficient (Wildman–Crippen LogP) is 2.70. The van der Waals surface area contributed by atoms with Crippen LogP contribution in [0.25, 0.3) is 0 Å². The van der Waals surface area contributed by atoms with E-state index in [9.17, 15) is 19.2 Å². The number of hydrogen-bond donors (Lipinski definition) is 3. The van der Waals surface area contributed by atoms with Gasteiger partial charge in [0.05, 0.1) is 0 Å². The molecule has 3 aliphatic rings. The highest BCUT2D eigenvalue weighted by atomic mass is 16.6. The van der Waals surface area contributed by atoms with E-state index in [1.165, 1.54) is 0 Å². The fourth-order valence-corrected chi connectivity index (χ4v) is 4.87. The molecule has 2 heterocycles. The zero-order valence-corrected chi connectivity index (χ0v) is 19.4. The number of nitrogens with zero attached hydrogens (tertiary/aromatic N) is 1. The monoisotopic (exact) mass is 456 g/mol. The van der Waals surface area contributed by atoms with Crippen molar-refractivity contribution in [3.63, 3.8) is 0 Å². The zero-order chi connectivity index (χ0) is 23.8. The third-order valence-corrected chi connectivity index (χ3v) is 6.34. The van der Waals surface area contributed by atoms with Crippen molar-refractivity contribution < 1.29 is 23.9 Å². The summed E-state index contributed by atoms with van der Waals surface area (Å²) >= 11 is 0. The molecular weight excluding hydrogens is 424 g/mol. The number of ether oxygens (including phenoxy) is 1. The number of alkyl carbamates (subject to hydrolysis) is 1. The van der Waals surface area contributed by atoms with Crippen LogP contribution >= 0.6 is 0 Å². The summed E-state index contributed by atoms with van der Waals surface area (Å²) in [6.07, 6.45) is 3.75. The highest BCUT2D eigenvalue weighted by Crippen LogP contribution is 2.34. The van der Waals surface area contributed by atoms with Crippen LogP contribution in [-0.4, -0.2) is 52.4 Å². The van der Waals surface area contributed by atoms with Gasteiger partial charge in [0.2, 0.25) is 11.8 Å². The minimum atomic E-state index is -0.632. The predicted molar refractivity (Wildman–Crippen MR) is 122 cm³/mol. The number of benzene rings is 1. The second-order valence-electron chi connectivity index (χ2n) is 10.1. The van der Waals surface area contributed by atoms with Gasteiger partial charge >= 0.3 is 6.09 Å². The molecule has 3 N–H and O–H groups in total. The summed E-state index contributed by atoms with van der Waals surface area (Å²) in [5, 5.41) is 8.88. The number of carbonyl (C=O) groups is 4. The quantitative estimate of drug-likeness (QED) is 0.600. The molecule has 2 fully saturated rings. The van der Waals surface area contributed by atoms with Gasteiger partial charge in [-0.1, -0.05) is 6.07 Å². The average molecular weight is 457 g/mol. The first-order chi connectivity index (χ1) is 15.6. The molecule has 0 radical (unpaired) electrons. The van der Waals surface area contributed by atoms with Gasteiger partial charge in [-0.25, -0.2) is 4.79 Å². The highest BCUT2D eigenvalue weighted by Gasteiger charge is 2.40. The van der Waals surface area contributed by atoms with E-state index in [-0.39, 0.29) is 30.3 Å². The largest absolute Gasteiger partial charge is 0.444 e. The summed E-state index contributed by atoms with van der Waals surface area (Å²) < 4.78 is 5.38. The van der Waals surface area contributed by atoms with Gasteiger partial charge in [-0.2, -0.15) is 0 Å². The SMILES string of the molecule is CC(C)(C)OC(=O)NC1CCCC(Nc2cccc3c2CN(C2CCC(=O)NC2=O)C3=O)C1. The standard InChI is InChI=1S/C24H32N4O5/c1-24(2,3)33-23(32)26-15-7-4-6-14(12-15)25-18-9-5-8-16-17(18)13-28(22(16)31)19-10-11-20(29)27-21(19)30/h5,8-9,14-15,19,25H,4,6-7,10-13H2,1-3H3,(H,26,32)(H,27,29,30). The Labute approximate surface area is 193 Å². The van der Waals surface area contributed by atoms with Crippen LogP contribution in [0.5, 0.6) is 0 Å². The first-order valence-electron chi connectivity index (χ1n) is 11.6. The molecule has 1 aromatic carbocycles. The number of imide groups is 1. The molecule has 1 aromatic rings. The van der Waals surface area contributed by atoms with Crippen LogP contribution in [0.3, 0.4) is 0 Å². The van der Waals surface area contributed by atoms with Crippen LogP contribution in [0.1, 0.15) is 75.2 Å². The summed E-state index contributed by atoms with van der Waals surface area (Å²) in [5.41, 5.74) is 1.79. The van der Waals surface area contributed by atoms with Gasteiger partial charge < -0.3 is 20.3 Å². The third kappa shape index (κ3) is 5.29. The molecule has 3 unspecified atom stereocenters. The van der Waals surface area contributed by atoms with Crippen LogP contribution in [-0.2, 0) is 20.9 Å². The van der Waals surface area contributed by atoms with Gasteiger partial charge in [0.15, 0.2) is 0 Å². The molecule has 2 aliphatic heterocycles. The van der Waals surface area contributed by atoms with E-state index in [4.69, 9.17) is 4.74 Å². The van der Waals surface area contributed by atoms with E-state index in [1.54, 1.807) is 11.0 Å². The van der Waals surface area contributed by atoms with Crippen molar-refractivity contribution in [3.8, 4) is 0 Å². The molecule has 33 heavy (non-hydrogen) atoms. The summed E-state index contributed by atoms with van der Waals surface area (Å²) in [7, 11) is 0. The Morgan fingerprint density at radius 3 is 2.61 bits per heavy atom. The normalized spacial score (nSPS) is 25.4. The Balaban J connectivity index is 1.42. The lowest BCUT2D eigenvalue weighted by Crippen LogP contribution is -2.52. The Kier molecular flexibility index (Phi) is 6.32. The van der Waals surface area contributed by atoms with Crippen LogP contribution in [0, 0.1) is 0 Å². The van der Waals surface area contributed by atoms with Crippen LogP contribution in [0.4, 0.5) is 10.5 Å². The number of carbonyl (C=O) groups excluding carboxylic acids is 4. The molecule has 0 bridgehead atoms. The van der Waals surface area contributed by atoms with E-state index >= 15 is 0 Å². The van der Waals surface area contributed by atoms with Gasteiger partial charge in [-0.3, -0.25) is 19.7 Å². The molecule has 0 spiro atoms. The maximum atomic E-state index is 13.0. The van der Waals surface area contributed by atoms with Crippen molar-refractivity contribution in [3.05, 3.63) is 29.3 Å². The van der Waals surface area contributed by atoms with Crippen molar-refractivity contribution in [1.29, 1.82) is 0 Å². The van der Waals surface area contributed by atoms with E-state index in [0.717, 1.165) is 36.9 Å². The van der Waals surface area contributed by atoms with Crippen molar-refractivity contribution in [2.45, 2.75) is 89.6 Å². The summed E-state index contributed by atoms with van der Waals surface area (Å²) in [5.74, 6) is -0.892. The van der Waals surface area contributed by atoms with Gasteiger partial charge in [-0.15, -0.1) is 0 Å². The molecule has 9 nitrogen and oxygen atoms in total. The second kappa shape index (κ2) is 9.03. The number of rotatable bonds is 4. The summed E-state index contributed by atoms with van der Waals surface area (Å²) in [4.78, 5) is 50.6. The summed E-state index contributed by atoms with van der Waals surface area (Å²) in [6, 6.07) is 5.10. The number of nitrogens with one attached hydrogen (secondary N) is 3. The smallest absolute Gasteiger partial charge is 0.407 e. The molecular formula is C24H32N4O5. The van der Waals surface area contributed by atoms with Crippen LogP contribution < -0.4 is 16.0 Å². The minimum absolute atomic E-state index is 0.0180. The molecule has 4 rings (SSSR count). The molecule has 178 valence electrons. The van der Waals surface area contributed by atoms with Crippen molar-refractivity contribution in [2.24, 2.45) is 0 Å². The number of fused-ring (bicyclic) bond motifs is 1. The Bertz CT molecular complexity index is 970. The third-order valence-electron chi connectivity index (χ3n) is 6.34. The topological polar surface area (TPSA) is 117 Å². The number of hydrogen-bond acceptors (Lipinski definition) is 6. The van der Waals surface area contributed by atoms with Gasteiger partial charge in [-0.05, 0) is 65.0 Å². The number of anilines is 1.